The molecule has 0 saturated carbocycles. The topological polar surface area (TPSA) is 72.5 Å². The Balaban J connectivity index is 1.51. The number of para-hydroxylation sites is 1. The molecule has 7 heteroatoms. The summed E-state index contributed by atoms with van der Waals surface area (Å²) in [7, 11) is 0. The van der Waals surface area contributed by atoms with Gasteiger partial charge in [0.15, 0.2) is 0 Å². The quantitative estimate of drug-likeness (QED) is 0.488. The lowest BCUT2D eigenvalue weighted by molar-refractivity contribution is -0.132. The lowest BCUT2D eigenvalue weighted by Gasteiger charge is -2.30. The van der Waals surface area contributed by atoms with Crippen LogP contribution in [0.5, 0.6) is 0 Å². The fourth-order valence-electron chi connectivity index (χ4n) is 4.52. The second kappa shape index (κ2) is 8.57. The lowest BCUT2D eigenvalue weighted by atomic mass is 9.99. The molecular weight excluding hydrogens is 402 g/mol. The van der Waals surface area contributed by atoms with Crippen molar-refractivity contribution in [2.45, 2.75) is 39.2 Å². The van der Waals surface area contributed by atoms with Gasteiger partial charge in [0.2, 0.25) is 11.7 Å². The van der Waals surface area contributed by atoms with Gasteiger partial charge in [-0.05, 0) is 36.5 Å². The van der Waals surface area contributed by atoms with Gasteiger partial charge in [0, 0.05) is 25.9 Å². The van der Waals surface area contributed by atoms with Crippen molar-refractivity contribution in [2.75, 3.05) is 13.1 Å². The van der Waals surface area contributed by atoms with E-state index in [1.165, 1.54) is 0 Å². The summed E-state index contributed by atoms with van der Waals surface area (Å²) >= 11 is 0. The molecule has 7 nitrogen and oxygen atoms in total. The minimum atomic E-state index is -0.0885. The monoisotopic (exact) mass is 429 g/mol. The van der Waals surface area contributed by atoms with E-state index in [1.807, 2.05) is 63.9 Å². The van der Waals surface area contributed by atoms with Gasteiger partial charge in [-0.1, -0.05) is 49.4 Å². The van der Waals surface area contributed by atoms with E-state index in [-0.39, 0.29) is 11.5 Å². The molecule has 2 aromatic heterocycles. The van der Waals surface area contributed by atoms with Crippen LogP contribution in [0.4, 0.5) is 0 Å². The van der Waals surface area contributed by atoms with Crippen molar-refractivity contribution in [1.82, 2.24) is 24.1 Å². The fourth-order valence-corrected chi connectivity index (χ4v) is 4.52. The third-order valence-electron chi connectivity index (χ3n) is 6.46. The SMILES string of the molecule is CC1CCN(C(=O)CCc2nnc3n(Cc4ccccc4)c(=O)c4ccccc4n23)CC1. The van der Waals surface area contributed by atoms with Crippen LogP contribution in [-0.4, -0.2) is 43.1 Å². The van der Waals surface area contributed by atoms with Gasteiger partial charge in [-0.25, -0.2) is 0 Å². The number of carbonyl (C=O) groups excluding carboxylic acids is 1. The number of amides is 1. The second-order valence-corrected chi connectivity index (χ2v) is 8.71. The molecule has 164 valence electrons. The Morgan fingerprint density at radius 3 is 2.50 bits per heavy atom. The normalized spacial score (nSPS) is 15.0. The molecule has 0 unspecified atom stereocenters. The summed E-state index contributed by atoms with van der Waals surface area (Å²) < 4.78 is 3.60. The molecule has 4 aromatic rings. The highest BCUT2D eigenvalue weighted by Gasteiger charge is 2.22. The number of hydrogen-bond donors (Lipinski definition) is 0. The zero-order valence-electron chi connectivity index (χ0n) is 18.3. The Bertz CT molecular complexity index is 1320. The maximum Gasteiger partial charge on any atom is 0.263 e. The van der Waals surface area contributed by atoms with Crippen molar-refractivity contribution in [3.8, 4) is 0 Å². The summed E-state index contributed by atoms with van der Waals surface area (Å²) in [4.78, 5) is 28.0. The molecule has 0 atom stereocenters. The van der Waals surface area contributed by atoms with Crippen LogP contribution in [0.3, 0.4) is 0 Å². The number of carbonyl (C=O) groups is 1. The zero-order chi connectivity index (χ0) is 22.1. The first-order chi connectivity index (χ1) is 15.6. The van der Waals surface area contributed by atoms with E-state index in [4.69, 9.17) is 0 Å². The van der Waals surface area contributed by atoms with Crippen LogP contribution in [-0.2, 0) is 17.8 Å². The Labute approximate surface area is 186 Å². The number of aromatic nitrogens is 4. The van der Waals surface area contributed by atoms with Crippen molar-refractivity contribution in [1.29, 1.82) is 0 Å². The summed E-state index contributed by atoms with van der Waals surface area (Å²) in [5.41, 5.74) is 1.70. The largest absolute Gasteiger partial charge is 0.343 e. The lowest BCUT2D eigenvalue weighted by Crippen LogP contribution is -2.38. The number of rotatable bonds is 5. The molecule has 0 radical (unpaired) electrons. The predicted octanol–water partition coefficient (Wildman–Crippen LogP) is 3.28. The smallest absolute Gasteiger partial charge is 0.263 e. The van der Waals surface area contributed by atoms with Crippen LogP contribution in [0.1, 0.15) is 37.6 Å². The Hall–Kier alpha value is -3.48. The molecule has 2 aromatic carbocycles. The minimum Gasteiger partial charge on any atom is -0.343 e. The number of likely N-dealkylation sites (tertiary alicyclic amines) is 1. The molecule has 1 saturated heterocycles. The molecule has 5 rings (SSSR count). The Morgan fingerprint density at radius 2 is 1.72 bits per heavy atom. The first-order valence-corrected chi connectivity index (χ1v) is 11.3. The number of aryl methyl sites for hydroxylation is 1. The van der Waals surface area contributed by atoms with Crippen LogP contribution in [0.25, 0.3) is 16.7 Å². The Morgan fingerprint density at radius 1 is 1.00 bits per heavy atom. The van der Waals surface area contributed by atoms with Crippen molar-refractivity contribution < 1.29 is 4.79 Å². The summed E-state index contributed by atoms with van der Waals surface area (Å²) in [5.74, 6) is 2.06. The van der Waals surface area contributed by atoms with Crippen molar-refractivity contribution in [3.63, 3.8) is 0 Å². The van der Waals surface area contributed by atoms with Gasteiger partial charge in [0.05, 0.1) is 17.4 Å². The highest BCUT2D eigenvalue weighted by molar-refractivity contribution is 5.80. The third kappa shape index (κ3) is 3.79. The van der Waals surface area contributed by atoms with E-state index in [1.54, 1.807) is 4.57 Å². The standard InChI is InChI=1S/C25H27N5O2/c1-18-13-15-28(16-14-18)23(31)12-11-22-26-27-25-29(17-19-7-3-2-4-8-19)24(32)20-9-5-6-10-21(20)30(22)25/h2-10,18H,11-17H2,1H3. The van der Waals surface area contributed by atoms with Gasteiger partial charge in [0.25, 0.3) is 5.56 Å². The van der Waals surface area contributed by atoms with Crippen molar-refractivity contribution in [3.05, 3.63) is 76.3 Å². The van der Waals surface area contributed by atoms with Crippen LogP contribution >= 0.6 is 0 Å². The average molecular weight is 430 g/mol. The number of hydrogen-bond acceptors (Lipinski definition) is 4. The number of piperidine rings is 1. The third-order valence-corrected chi connectivity index (χ3v) is 6.46. The summed E-state index contributed by atoms with van der Waals surface area (Å²) in [5, 5.41) is 9.40. The molecule has 1 amide bonds. The molecule has 32 heavy (non-hydrogen) atoms. The van der Waals surface area contributed by atoms with E-state index in [0.29, 0.717) is 42.3 Å². The highest BCUT2D eigenvalue weighted by Crippen LogP contribution is 2.19. The second-order valence-electron chi connectivity index (χ2n) is 8.71. The highest BCUT2D eigenvalue weighted by atomic mass is 16.2. The zero-order valence-corrected chi connectivity index (χ0v) is 18.3. The van der Waals surface area contributed by atoms with Crippen LogP contribution in [0.2, 0.25) is 0 Å². The maximum absolute atomic E-state index is 13.3. The molecule has 3 heterocycles. The summed E-state index contributed by atoms with van der Waals surface area (Å²) in [6.45, 7) is 4.32. The van der Waals surface area contributed by atoms with E-state index in [9.17, 15) is 9.59 Å². The van der Waals surface area contributed by atoms with Crippen molar-refractivity contribution in [2.24, 2.45) is 5.92 Å². The van der Waals surface area contributed by atoms with E-state index in [0.717, 1.165) is 37.0 Å². The number of fused-ring (bicyclic) bond motifs is 3. The summed E-state index contributed by atoms with van der Waals surface area (Å²) in [6, 6.07) is 17.4. The molecule has 0 aliphatic carbocycles. The molecule has 1 fully saturated rings. The molecule has 0 N–H and O–H groups in total. The number of nitrogens with zero attached hydrogens (tertiary/aromatic N) is 5. The van der Waals surface area contributed by atoms with E-state index in [2.05, 4.69) is 17.1 Å². The predicted molar refractivity (Wildman–Crippen MR) is 124 cm³/mol. The first-order valence-electron chi connectivity index (χ1n) is 11.3. The fraction of sp³-hybridized carbons (Fsp3) is 0.360. The van der Waals surface area contributed by atoms with Gasteiger partial charge in [-0.15, -0.1) is 10.2 Å². The van der Waals surface area contributed by atoms with Crippen LogP contribution in [0.15, 0.2) is 59.4 Å². The van der Waals surface area contributed by atoms with Gasteiger partial charge < -0.3 is 4.90 Å². The molecule has 1 aliphatic rings. The molecule has 0 spiro atoms. The molecule has 1 aliphatic heterocycles. The first kappa shape index (κ1) is 20.4. The van der Waals surface area contributed by atoms with Crippen LogP contribution in [0, 0.1) is 5.92 Å². The van der Waals surface area contributed by atoms with Crippen LogP contribution < -0.4 is 5.56 Å². The number of benzene rings is 2. The van der Waals surface area contributed by atoms with Gasteiger partial charge in [-0.2, -0.15) is 0 Å². The molecular formula is C25H27N5O2. The summed E-state index contributed by atoms with van der Waals surface area (Å²) in [6.07, 6.45) is 3.01. The maximum atomic E-state index is 13.3. The van der Waals surface area contributed by atoms with E-state index < -0.39 is 0 Å². The van der Waals surface area contributed by atoms with Gasteiger partial charge >= 0.3 is 0 Å². The average Bonchev–Trinajstić information content (AvgIpc) is 3.25. The van der Waals surface area contributed by atoms with Crippen molar-refractivity contribution >= 4 is 22.6 Å². The molecule has 0 bridgehead atoms. The van der Waals surface area contributed by atoms with Gasteiger partial charge in [-0.3, -0.25) is 18.6 Å². The van der Waals surface area contributed by atoms with E-state index >= 15 is 0 Å². The van der Waals surface area contributed by atoms with Gasteiger partial charge in [0.1, 0.15) is 5.82 Å². The Kier molecular flexibility index (Phi) is 5.47. The minimum absolute atomic E-state index is 0.0885.